The van der Waals surface area contributed by atoms with Gasteiger partial charge in [-0.3, -0.25) is 9.59 Å². The summed E-state index contributed by atoms with van der Waals surface area (Å²) in [5, 5.41) is 2.92. The molecule has 7 nitrogen and oxygen atoms in total. The number of anilines is 1. The van der Waals surface area contributed by atoms with Crippen molar-refractivity contribution in [1.82, 2.24) is 4.72 Å². The van der Waals surface area contributed by atoms with Gasteiger partial charge in [0.25, 0.3) is 0 Å². The molecule has 0 aliphatic heterocycles. The molecule has 9 heteroatoms. The van der Waals surface area contributed by atoms with E-state index < -0.39 is 22.0 Å². The van der Waals surface area contributed by atoms with E-state index in [1.54, 1.807) is 55.5 Å². The zero-order valence-corrected chi connectivity index (χ0v) is 20.3. The van der Waals surface area contributed by atoms with Crippen molar-refractivity contribution in [2.24, 2.45) is 0 Å². The molecule has 3 aromatic carbocycles. The normalized spacial score (nSPS) is 12.1. The summed E-state index contributed by atoms with van der Waals surface area (Å²) in [6.07, 6.45) is 0.100. The van der Waals surface area contributed by atoms with Crippen LogP contribution < -0.4 is 14.8 Å². The SMILES string of the molecule is CCOc1ccc(Cl)cc1S(=O)(=O)NC(Cc1ccccc1)C(=O)Nc1cccc(C(C)=O)c1. The summed E-state index contributed by atoms with van der Waals surface area (Å²) in [5.41, 5.74) is 1.57. The highest BCUT2D eigenvalue weighted by atomic mass is 35.5. The van der Waals surface area contributed by atoms with Gasteiger partial charge in [0, 0.05) is 16.3 Å². The standard InChI is InChI=1S/C25H25ClN2O5S/c1-3-33-23-13-12-20(26)16-24(23)34(31,32)28-22(14-18-8-5-4-6-9-18)25(30)27-21-11-7-10-19(15-21)17(2)29/h4-13,15-16,22,28H,3,14H2,1-2H3,(H,27,30). The highest BCUT2D eigenvalue weighted by Crippen LogP contribution is 2.28. The second-order valence-electron chi connectivity index (χ2n) is 7.51. The Labute approximate surface area is 204 Å². The van der Waals surface area contributed by atoms with E-state index in [1.165, 1.54) is 25.1 Å². The van der Waals surface area contributed by atoms with Crippen LogP contribution in [0.4, 0.5) is 5.69 Å². The number of benzene rings is 3. The predicted octanol–water partition coefficient (Wildman–Crippen LogP) is 4.47. The molecule has 1 amide bonds. The van der Waals surface area contributed by atoms with Gasteiger partial charge in [0.1, 0.15) is 16.7 Å². The van der Waals surface area contributed by atoms with Crippen LogP contribution in [-0.4, -0.2) is 32.8 Å². The fraction of sp³-hybridized carbons (Fsp3) is 0.200. The third kappa shape index (κ3) is 6.66. The lowest BCUT2D eigenvalue weighted by atomic mass is 10.1. The number of nitrogens with one attached hydrogen (secondary N) is 2. The average molecular weight is 501 g/mol. The minimum atomic E-state index is -4.19. The Hall–Kier alpha value is -3.20. The van der Waals surface area contributed by atoms with Crippen LogP contribution >= 0.6 is 11.6 Å². The summed E-state index contributed by atoms with van der Waals surface area (Å²) in [6, 6.07) is 18.6. The molecule has 0 saturated heterocycles. The fourth-order valence-electron chi connectivity index (χ4n) is 3.30. The number of hydrogen-bond acceptors (Lipinski definition) is 5. The van der Waals surface area contributed by atoms with Crippen molar-refractivity contribution in [3.63, 3.8) is 0 Å². The first-order valence-electron chi connectivity index (χ1n) is 10.6. The van der Waals surface area contributed by atoms with Gasteiger partial charge in [-0.1, -0.05) is 54.1 Å². The molecular formula is C25H25ClN2O5S. The largest absolute Gasteiger partial charge is 0.492 e. The number of ketones is 1. The number of ether oxygens (including phenoxy) is 1. The molecule has 0 saturated carbocycles. The maximum Gasteiger partial charge on any atom is 0.245 e. The first-order valence-corrected chi connectivity index (χ1v) is 12.5. The van der Waals surface area contributed by atoms with Crippen molar-refractivity contribution < 1.29 is 22.7 Å². The van der Waals surface area contributed by atoms with Crippen LogP contribution in [0.25, 0.3) is 0 Å². The third-order valence-electron chi connectivity index (χ3n) is 4.93. The Morgan fingerprint density at radius 2 is 1.74 bits per heavy atom. The van der Waals surface area contributed by atoms with Crippen molar-refractivity contribution in [3.8, 4) is 5.75 Å². The van der Waals surface area contributed by atoms with Gasteiger partial charge in [-0.05, 0) is 56.2 Å². The summed E-state index contributed by atoms with van der Waals surface area (Å²) in [6.45, 7) is 3.41. The molecule has 3 aromatic rings. The smallest absolute Gasteiger partial charge is 0.245 e. The summed E-state index contributed by atoms with van der Waals surface area (Å²) in [4.78, 5) is 24.7. The van der Waals surface area contributed by atoms with Crippen molar-refractivity contribution in [2.75, 3.05) is 11.9 Å². The number of carbonyl (C=O) groups excluding carboxylic acids is 2. The minimum absolute atomic E-state index is 0.100. The summed E-state index contributed by atoms with van der Waals surface area (Å²) in [7, 11) is -4.19. The highest BCUT2D eigenvalue weighted by Gasteiger charge is 2.29. The van der Waals surface area contributed by atoms with Crippen LogP contribution in [0.15, 0.2) is 77.7 Å². The van der Waals surface area contributed by atoms with Gasteiger partial charge in [0.05, 0.1) is 6.61 Å². The number of Topliss-reactive ketones (excluding diaryl/α,β-unsaturated/α-hetero) is 1. The van der Waals surface area contributed by atoms with Crippen molar-refractivity contribution in [2.45, 2.75) is 31.2 Å². The molecule has 0 spiro atoms. The molecule has 0 aliphatic rings. The quantitative estimate of drug-likeness (QED) is 0.400. The molecule has 34 heavy (non-hydrogen) atoms. The van der Waals surface area contributed by atoms with E-state index in [0.29, 0.717) is 11.3 Å². The van der Waals surface area contributed by atoms with E-state index >= 15 is 0 Å². The van der Waals surface area contributed by atoms with Crippen LogP contribution in [0.5, 0.6) is 5.75 Å². The topological polar surface area (TPSA) is 102 Å². The highest BCUT2D eigenvalue weighted by molar-refractivity contribution is 7.89. The maximum atomic E-state index is 13.3. The summed E-state index contributed by atoms with van der Waals surface area (Å²) in [5.74, 6) is -0.595. The van der Waals surface area contributed by atoms with E-state index in [1.807, 2.05) is 6.07 Å². The minimum Gasteiger partial charge on any atom is -0.492 e. The Balaban J connectivity index is 1.93. The van der Waals surface area contributed by atoms with Gasteiger partial charge < -0.3 is 10.1 Å². The van der Waals surface area contributed by atoms with Crippen LogP contribution in [-0.2, 0) is 21.2 Å². The molecule has 1 atom stereocenters. The second kappa shape index (κ2) is 11.3. The van der Waals surface area contributed by atoms with E-state index in [-0.39, 0.29) is 34.5 Å². The number of amides is 1. The molecule has 0 fully saturated rings. The van der Waals surface area contributed by atoms with Gasteiger partial charge in [-0.25, -0.2) is 8.42 Å². The zero-order valence-electron chi connectivity index (χ0n) is 18.7. The van der Waals surface area contributed by atoms with Gasteiger partial charge in [-0.15, -0.1) is 0 Å². The monoisotopic (exact) mass is 500 g/mol. The fourth-order valence-corrected chi connectivity index (χ4v) is 4.90. The van der Waals surface area contributed by atoms with Gasteiger partial charge in [0.2, 0.25) is 15.9 Å². The zero-order chi connectivity index (χ0) is 24.7. The first-order chi connectivity index (χ1) is 16.2. The molecule has 0 radical (unpaired) electrons. The van der Waals surface area contributed by atoms with Crippen molar-refractivity contribution in [3.05, 3.63) is 88.9 Å². The number of halogens is 1. The molecular weight excluding hydrogens is 476 g/mol. The Bertz CT molecular complexity index is 1280. The van der Waals surface area contributed by atoms with Crippen LogP contribution in [0.3, 0.4) is 0 Å². The molecule has 1 unspecified atom stereocenters. The van der Waals surface area contributed by atoms with Crippen LogP contribution in [0.2, 0.25) is 5.02 Å². The Morgan fingerprint density at radius 3 is 2.41 bits per heavy atom. The van der Waals surface area contributed by atoms with E-state index in [9.17, 15) is 18.0 Å². The molecule has 178 valence electrons. The van der Waals surface area contributed by atoms with Crippen molar-refractivity contribution in [1.29, 1.82) is 0 Å². The second-order valence-corrected chi connectivity index (χ2v) is 9.63. The lowest BCUT2D eigenvalue weighted by Crippen LogP contribution is -2.45. The average Bonchev–Trinajstić information content (AvgIpc) is 2.80. The maximum absolute atomic E-state index is 13.3. The van der Waals surface area contributed by atoms with Gasteiger partial charge >= 0.3 is 0 Å². The number of rotatable bonds is 10. The van der Waals surface area contributed by atoms with Crippen LogP contribution in [0.1, 0.15) is 29.8 Å². The Morgan fingerprint density at radius 1 is 1.00 bits per heavy atom. The van der Waals surface area contributed by atoms with Crippen LogP contribution in [0, 0.1) is 0 Å². The molecule has 0 heterocycles. The molecule has 2 N–H and O–H groups in total. The van der Waals surface area contributed by atoms with Gasteiger partial charge in [-0.2, -0.15) is 4.72 Å². The Kier molecular flexibility index (Phi) is 8.44. The first kappa shape index (κ1) is 25.4. The molecule has 3 rings (SSSR count). The number of carbonyl (C=O) groups is 2. The summed E-state index contributed by atoms with van der Waals surface area (Å²) < 4.78 is 34.6. The third-order valence-corrected chi connectivity index (χ3v) is 6.66. The number of sulfonamides is 1. The lowest BCUT2D eigenvalue weighted by Gasteiger charge is -2.20. The van der Waals surface area contributed by atoms with E-state index in [4.69, 9.17) is 16.3 Å². The van der Waals surface area contributed by atoms with Gasteiger partial charge in [0.15, 0.2) is 5.78 Å². The predicted molar refractivity (Wildman–Crippen MR) is 132 cm³/mol. The molecule has 0 bridgehead atoms. The summed E-state index contributed by atoms with van der Waals surface area (Å²) >= 11 is 6.04. The molecule has 0 aromatic heterocycles. The van der Waals surface area contributed by atoms with E-state index in [0.717, 1.165) is 5.56 Å². The van der Waals surface area contributed by atoms with E-state index in [2.05, 4.69) is 10.0 Å². The number of hydrogen-bond donors (Lipinski definition) is 2. The lowest BCUT2D eigenvalue weighted by molar-refractivity contribution is -0.117. The van der Waals surface area contributed by atoms with Crippen molar-refractivity contribution >= 4 is 39.0 Å². The molecule has 0 aliphatic carbocycles.